The van der Waals surface area contributed by atoms with Crippen molar-refractivity contribution in [3.8, 4) is 0 Å². The quantitative estimate of drug-likeness (QED) is 0.795. The van der Waals surface area contributed by atoms with Crippen LogP contribution in [0.15, 0.2) is 30.3 Å². The molecule has 86 valence electrons. The topological polar surface area (TPSA) is 12.0 Å². The van der Waals surface area contributed by atoms with Crippen LogP contribution >= 0.6 is 0 Å². The van der Waals surface area contributed by atoms with Gasteiger partial charge in [0.05, 0.1) is 0 Å². The van der Waals surface area contributed by atoms with E-state index in [0.29, 0.717) is 5.92 Å². The Balaban J connectivity index is 2.17. The molecule has 0 amide bonds. The lowest BCUT2D eigenvalue weighted by atomic mass is 9.97. The molecule has 1 nitrogen and oxygen atoms in total. The molecule has 16 heavy (non-hydrogen) atoms. The van der Waals surface area contributed by atoms with Gasteiger partial charge in [0.1, 0.15) is 0 Å². The number of benzene rings is 1. The van der Waals surface area contributed by atoms with Crippen LogP contribution in [-0.2, 0) is 0 Å². The van der Waals surface area contributed by atoms with Gasteiger partial charge in [0.15, 0.2) is 0 Å². The predicted octanol–water partition coefficient (Wildman–Crippen LogP) is 3.58. The molecule has 1 heteroatoms. The minimum atomic E-state index is 0.624. The Morgan fingerprint density at radius 1 is 1.06 bits per heavy atom. The van der Waals surface area contributed by atoms with E-state index in [1.54, 1.807) is 0 Å². The Labute approximate surface area is 98.6 Å². The number of rotatable bonds is 2. The second-order valence-electron chi connectivity index (χ2n) is 4.79. The molecule has 1 aliphatic rings. The van der Waals surface area contributed by atoms with Crippen LogP contribution < -0.4 is 5.32 Å². The molecule has 0 aliphatic carbocycles. The number of hydrogen-bond donors (Lipinski definition) is 1. The Morgan fingerprint density at radius 3 is 2.50 bits per heavy atom. The van der Waals surface area contributed by atoms with Gasteiger partial charge in [-0.05, 0) is 48.5 Å². The van der Waals surface area contributed by atoms with Crippen molar-refractivity contribution in [1.82, 2.24) is 5.32 Å². The summed E-state index contributed by atoms with van der Waals surface area (Å²) in [6.45, 7) is 6.71. The lowest BCUT2D eigenvalue weighted by molar-refractivity contribution is 0.718. The van der Waals surface area contributed by atoms with E-state index in [0.717, 1.165) is 25.9 Å². The normalized spacial score (nSPS) is 17.1. The average molecular weight is 215 g/mol. The van der Waals surface area contributed by atoms with E-state index in [4.69, 9.17) is 0 Å². The Hall–Kier alpha value is -1.08. The Kier molecular flexibility index (Phi) is 3.79. The number of hydrogen-bond acceptors (Lipinski definition) is 1. The minimum Gasteiger partial charge on any atom is -0.316 e. The molecule has 0 unspecified atom stereocenters. The monoisotopic (exact) mass is 215 g/mol. The zero-order valence-electron chi connectivity index (χ0n) is 10.3. The van der Waals surface area contributed by atoms with E-state index in [-0.39, 0.29) is 0 Å². The lowest BCUT2D eigenvalue weighted by Gasteiger charge is -2.09. The van der Waals surface area contributed by atoms with Crippen molar-refractivity contribution in [1.29, 1.82) is 0 Å². The molecule has 0 saturated carbocycles. The van der Waals surface area contributed by atoms with Gasteiger partial charge < -0.3 is 5.32 Å². The van der Waals surface area contributed by atoms with Crippen LogP contribution in [0, 0.1) is 0 Å². The highest BCUT2D eigenvalue weighted by Gasteiger charge is 2.05. The average Bonchev–Trinajstić information content (AvgIpc) is 2.57. The molecular weight excluding hydrogens is 194 g/mol. The van der Waals surface area contributed by atoms with E-state index in [9.17, 15) is 0 Å². The summed E-state index contributed by atoms with van der Waals surface area (Å²) >= 11 is 0. The molecule has 0 fully saturated rings. The van der Waals surface area contributed by atoms with Crippen LogP contribution in [0.3, 0.4) is 0 Å². The Bertz CT molecular complexity index is 360. The fourth-order valence-corrected chi connectivity index (χ4v) is 2.14. The maximum Gasteiger partial charge on any atom is -0.000812 e. The van der Waals surface area contributed by atoms with Gasteiger partial charge in [-0.15, -0.1) is 0 Å². The fraction of sp³-hybridized carbons (Fsp3) is 0.467. The second kappa shape index (κ2) is 5.31. The molecule has 0 aromatic heterocycles. The largest absolute Gasteiger partial charge is 0.316 e. The van der Waals surface area contributed by atoms with Crippen LogP contribution in [0.2, 0.25) is 0 Å². The zero-order chi connectivity index (χ0) is 11.4. The summed E-state index contributed by atoms with van der Waals surface area (Å²) in [5.41, 5.74) is 4.32. The highest BCUT2D eigenvalue weighted by atomic mass is 14.8. The minimum absolute atomic E-state index is 0.624. The summed E-state index contributed by atoms with van der Waals surface area (Å²) in [6.07, 6.45) is 4.69. The number of nitrogens with one attached hydrogen (secondary N) is 1. The molecular formula is C15H21N. The third kappa shape index (κ3) is 2.73. The van der Waals surface area contributed by atoms with Crippen molar-refractivity contribution in [3.05, 3.63) is 41.5 Å². The summed E-state index contributed by atoms with van der Waals surface area (Å²) in [7, 11) is 0. The second-order valence-corrected chi connectivity index (χ2v) is 4.79. The van der Waals surface area contributed by atoms with Crippen molar-refractivity contribution >= 4 is 5.57 Å². The fourth-order valence-electron chi connectivity index (χ4n) is 2.14. The van der Waals surface area contributed by atoms with Crippen LogP contribution in [0.25, 0.3) is 5.57 Å². The van der Waals surface area contributed by atoms with Gasteiger partial charge in [-0.25, -0.2) is 0 Å². The molecule has 1 aromatic rings. The van der Waals surface area contributed by atoms with Gasteiger partial charge in [0, 0.05) is 0 Å². The molecule has 1 heterocycles. The first-order valence-electron chi connectivity index (χ1n) is 6.27. The van der Waals surface area contributed by atoms with Crippen molar-refractivity contribution in [2.75, 3.05) is 13.1 Å². The first kappa shape index (κ1) is 11.4. The third-order valence-corrected chi connectivity index (χ3v) is 3.23. The van der Waals surface area contributed by atoms with Crippen molar-refractivity contribution in [2.24, 2.45) is 0 Å². The molecule has 0 saturated heterocycles. The highest BCUT2D eigenvalue weighted by Crippen LogP contribution is 2.22. The first-order valence-corrected chi connectivity index (χ1v) is 6.27. The van der Waals surface area contributed by atoms with Crippen LogP contribution in [0.4, 0.5) is 0 Å². The van der Waals surface area contributed by atoms with Gasteiger partial charge in [0.25, 0.3) is 0 Å². The standard InChI is InChI=1S/C15H21N/c1-12(2)13-5-7-15(8-6-13)14-4-3-10-16-11-9-14/h4-8,12,16H,3,9-11H2,1-2H3. The molecule has 1 N–H and O–H groups in total. The van der Waals surface area contributed by atoms with E-state index >= 15 is 0 Å². The van der Waals surface area contributed by atoms with E-state index in [1.807, 2.05) is 0 Å². The molecule has 0 radical (unpaired) electrons. The smallest absolute Gasteiger partial charge is 0.000812 e. The lowest BCUT2D eigenvalue weighted by Crippen LogP contribution is -2.13. The first-order chi connectivity index (χ1) is 7.77. The SMILES string of the molecule is CC(C)c1ccc(C2=CCCNCC2)cc1. The summed E-state index contributed by atoms with van der Waals surface area (Å²) in [5, 5.41) is 3.42. The van der Waals surface area contributed by atoms with Crippen LogP contribution in [0.1, 0.15) is 43.7 Å². The van der Waals surface area contributed by atoms with Crippen molar-refractivity contribution < 1.29 is 0 Å². The molecule has 0 spiro atoms. The molecule has 2 rings (SSSR count). The van der Waals surface area contributed by atoms with Crippen LogP contribution in [-0.4, -0.2) is 13.1 Å². The maximum atomic E-state index is 3.42. The van der Waals surface area contributed by atoms with E-state index in [1.165, 1.54) is 16.7 Å². The summed E-state index contributed by atoms with van der Waals surface area (Å²) in [6, 6.07) is 9.07. The van der Waals surface area contributed by atoms with Crippen molar-refractivity contribution in [2.45, 2.75) is 32.6 Å². The Morgan fingerprint density at radius 2 is 1.81 bits per heavy atom. The predicted molar refractivity (Wildman–Crippen MR) is 70.6 cm³/mol. The molecule has 0 atom stereocenters. The van der Waals surface area contributed by atoms with Gasteiger partial charge in [-0.1, -0.05) is 44.2 Å². The third-order valence-electron chi connectivity index (χ3n) is 3.23. The van der Waals surface area contributed by atoms with Gasteiger partial charge in [0.2, 0.25) is 0 Å². The molecule has 1 aromatic carbocycles. The van der Waals surface area contributed by atoms with Crippen molar-refractivity contribution in [3.63, 3.8) is 0 Å². The van der Waals surface area contributed by atoms with E-state index < -0.39 is 0 Å². The summed E-state index contributed by atoms with van der Waals surface area (Å²) in [5.74, 6) is 0.624. The van der Waals surface area contributed by atoms with Gasteiger partial charge >= 0.3 is 0 Å². The van der Waals surface area contributed by atoms with Gasteiger partial charge in [-0.3, -0.25) is 0 Å². The summed E-state index contributed by atoms with van der Waals surface area (Å²) in [4.78, 5) is 0. The van der Waals surface area contributed by atoms with E-state index in [2.05, 4.69) is 49.5 Å². The maximum absolute atomic E-state index is 3.42. The molecule has 1 aliphatic heterocycles. The molecule has 0 bridgehead atoms. The zero-order valence-corrected chi connectivity index (χ0v) is 10.3. The highest BCUT2D eigenvalue weighted by molar-refractivity contribution is 5.66. The summed E-state index contributed by atoms with van der Waals surface area (Å²) < 4.78 is 0. The van der Waals surface area contributed by atoms with Crippen LogP contribution in [0.5, 0.6) is 0 Å². The van der Waals surface area contributed by atoms with Gasteiger partial charge in [-0.2, -0.15) is 0 Å².